The molecule has 12 heteroatoms. The zero-order valence-corrected chi connectivity index (χ0v) is 21.0. The van der Waals surface area contributed by atoms with Crippen molar-refractivity contribution in [3.63, 3.8) is 0 Å². The van der Waals surface area contributed by atoms with Crippen LogP contribution in [-0.2, 0) is 4.79 Å². The van der Waals surface area contributed by atoms with E-state index in [1.54, 1.807) is 60.7 Å². The Hall–Kier alpha value is -3.65. The Bertz CT molecular complexity index is 1540. The molecule has 11 nitrogen and oxygen atoms in total. The molecule has 3 aromatic heterocycles. The van der Waals surface area contributed by atoms with E-state index < -0.39 is 17.9 Å². The number of nitrogens with zero attached hydrogens (tertiary/aromatic N) is 4. The van der Waals surface area contributed by atoms with Gasteiger partial charge in [0.2, 0.25) is 5.95 Å². The van der Waals surface area contributed by atoms with Crippen molar-refractivity contribution in [3.8, 4) is 11.4 Å². The molecule has 0 bridgehead atoms. The van der Waals surface area contributed by atoms with E-state index in [-0.39, 0.29) is 63.4 Å². The van der Waals surface area contributed by atoms with Gasteiger partial charge in [0.1, 0.15) is 11.9 Å². The Morgan fingerprint density at radius 3 is 2.45 bits per heavy atom. The molecule has 0 spiro atoms. The van der Waals surface area contributed by atoms with E-state index in [0.717, 1.165) is 22.3 Å². The van der Waals surface area contributed by atoms with Crippen molar-refractivity contribution in [3.05, 3.63) is 96.8 Å². The van der Waals surface area contributed by atoms with E-state index in [0.29, 0.717) is 23.0 Å². The van der Waals surface area contributed by atoms with Crippen molar-refractivity contribution in [1.82, 2.24) is 25.3 Å². The first-order chi connectivity index (χ1) is 18.5. The third-order valence-corrected chi connectivity index (χ3v) is 6.00. The molecule has 0 radical (unpaired) electrons. The molecular formula is C28H28KN7O4. The van der Waals surface area contributed by atoms with Gasteiger partial charge in [-0.05, 0) is 54.6 Å². The molecule has 0 fully saturated rings. The predicted octanol–water partition coefficient (Wildman–Crippen LogP) is 2.61. The summed E-state index contributed by atoms with van der Waals surface area (Å²) in [6.07, 6.45) is 3.30. The van der Waals surface area contributed by atoms with Crippen molar-refractivity contribution in [2.24, 2.45) is 0 Å². The number of anilines is 3. The summed E-state index contributed by atoms with van der Waals surface area (Å²) in [5, 5.41) is 16.4. The fourth-order valence-electron chi connectivity index (χ4n) is 4.10. The molecule has 2 aromatic carbocycles. The normalized spacial score (nSPS) is 11.0. The van der Waals surface area contributed by atoms with E-state index in [4.69, 9.17) is 0 Å². The summed E-state index contributed by atoms with van der Waals surface area (Å²) in [6.45, 7) is -0.0137. The van der Waals surface area contributed by atoms with E-state index in [2.05, 4.69) is 30.6 Å². The Labute approximate surface area is 272 Å². The van der Waals surface area contributed by atoms with Gasteiger partial charge in [0, 0.05) is 41.6 Å². The summed E-state index contributed by atoms with van der Waals surface area (Å²) in [4.78, 5) is 43.4. The van der Waals surface area contributed by atoms with Gasteiger partial charge in [0.25, 0.3) is 5.91 Å². The molecule has 0 aliphatic carbocycles. The number of para-hydroxylation sites is 1. The van der Waals surface area contributed by atoms with Gasteiger partial charge in [-0.1, -0.05) is 24.3 Å². The SMILES string of the molecule is CNc1nccc(-c2cc3cc(C(=O)NC(CN(c4ccccc4)c4ccccn4)C(=O)O)ccc3[nH]2)n1.O.[KH]. The maximum absolute atomic E-state index is 13.2. The van der Waals surface area contributed by atoms with E-state index in [1.807, 2.05) is 42.5 Å². The Morgan fingerprint density at radius 1 is 0.975 bits per heavy atom. The number of carbonyl (C=O) groups excluding carboxylic acids is 1. The van der Waals surface area contributed by atoms with Crippen LogP contribution in [0.15, 0.2) is 91.3 Å². The van der Waals surface area contributed by atoms with Gasteiger partial charge in [0.05, 0.1) is 17.9 Å². The third-order valence-electron chi connectivity index (χ3n) is 6.00. The van der Waals surface area contributed by atoms with Gasteiger partial charge in [0.15, 0.2) is 0 Å². The van der Waals surface area contributed by atoms with Crippen molar-refractivity contribution >= 4 is 91.6 Å². The average molecular weight is 566 g/mol. The second-order valence-electron chi connectivity index (χ2n) is 8.50. The summed E-state index contributed by atoms with van der Waals surface area (Å²) in [5.41, 5.74) is 3.40. The van der Waals surface area contributed by atoms with Gasteiger partial charge in [-0.3, -0.25) is 4.79 Å². The molecule has 5 aromatic rings. The Balaban J connectivity index is 0.00000220. The summed E-state index contributed by atoms with van der Waals surface area (Å²) in [7, 11) is 1.75. The quantitative estimate of drug-likeness (QED) is 0.198. The topological polar surface area (TPSA) is 168 Å². The number of carboxylic acids is 1. The number of hydrogen-bond acceptors (Lipinski definition) is 7. The minimum absolute atomic E-state index is 0. The first-order valence-electron chi connectivity index (χ1n) is 11.9. The number of fused-ring (bicyclic) bond motifs is 1. The molecule has 1 atom stereocenters. The van der Waals surface area contributed by atoms with Crippen molar-refractivity contribution in [2.45, 2.75) is 6.04 Å². The van der Waals surface area contributed by atoms with Gasteiger partial charge in [-0.2, -0.15) is 0 Å². The van der Waals surface area contributed by atoms with Crippen LogP contribution in [0, 0.1) is 0 Å². The number of pyridine rings is 1. The molecule has 1 amide bonds. The number of nitrogens with one attached hydrogen (secondary N) is 3. The number of carbonyl (C=O) groups is 2. The minimum atomic E-state index is -1.19. The van der Waals surface area contributed by atoms with Gasteiger partial charge in [-0.25, -0.2) is 19.7 Å². The number of hydrogen-bond donors (Lipinski definition) is 4. The molecule has 5 rings (SSSR count). The fraction of sp³-hybridized carbons (Fsp3) is 0.107. The number of rotatable bonds is 9. The fourth-order valence-corrected chi connectivity index (χ4v) is 4.10. The Morgan fingerprint density at radius 2 is 1.75 bits per heavy atom. The first kappa shape index (κ1) is 30.9. The number of H-pyrrole nitrogens is 1. The summed E-state index contributed by atoms with van der Waals surface area (Å²) >= 11 is 0. The number of benzene rings is 2. The standard InChI is InChI=1S/C28H25N7O3.K.H2O.H/c1-29-28-31-14-12-22(34-28)23-16-19-15-18(10-11-21(19)32-23)26(36)33-24(27(37)38)17-35(20-7-3-2-4-8-20)25-9-5-6-13-30-25;;;/h2-16,24,32H,17H2,1H3,(H,33,36)(H,37,38)(H,29,31,34);;1H2;. The van der Waals surface area contributed by atoms with E-state index in [1.165, 1.54) is 0 Å². The van der Waals surface area contributed by atoms with Crippen molar-refractivity contribution in [2.75, 3.05) is 23.8 Å². The second-order valence-corrected chi connectivity index (χ2v) is 8.50. The number of carboxylic acid groups (broad SMARTS) is 1. The molecule has 0 saturated heterocycles. The molecular weight excluding hydrogens is 537 g/mol. The molecule has 3 heterocycles. The number of aromatic amines is 1. The molecule has 40 heavy (non-hydrogen) atoms. The van der Waals surface area contributed by atoms with Crippen LogP contribution in [0.1, 0.15) is 10.4 Å². The van der Waals surface area contributed by atoms with Crippen LogP contribution in [0.5, 0.6) is 0 Å². The molecule has 0 saturated carbocycles. The molecule has 200 valence electrons. The zero-order chi connectivity index (χ0) is 26.5. The van der Waals surface area contributed by atoms with Crippen LogP contribution < -0.4 is 15.5 Å². The molecule has 0 aliphatic rings. The first-order valence-corrected chi connectivity index (χ1v) is 11.9. The molecule has 0 aliphatic heterocycles. The maximum atomic E-state index is 13.2. The van der Waals surface area contributed by atoms with Gasteiger partial charge >= 0.3 is 57.4 Å². The number of amides is 1. The van der Waals surface area contributed by atoms with Crippen LogP contribution in [0.2, 0.25) is 0 Å². The van der Waals surface area contributed by atoms with Gasteiger partial charge in [-0.15, -0.1) is 0 Å². The number of aromatic nitrogens is 4. The average Bonchev–Trinajstić information content (AvgIpc) is 3.39. The van der Waals surface area contributed by atoms with E-state index >= 15 is 0 Å². The van der Waals surface area contributed by atoms with Gasteiger partial charge < -0.3 is 31.1 Å². The van der Waals surface area contributed by atoms with Crippen LogP contribution >= 0.6 is 0 Å². The second kappa shape index (κ2) is 14.1. The third kappa shape index (κ3) is 7.10. The van der Waals surface area contributed by atoms with Crippen LogP contribution in [0.3, 0.4) is 0 Å². The van der Waals surface area contributed by atoms with Crippen LogP contribution in [-0.4, -0.2) is 113 Å². The molecule has 1 unspecified atom stereocenters. The number of aliphatic carboxylic acids is 1. The van der Waals surface area contributed by atoms with Crippen LogP contribution in [0.4, 0.5) is 17.5 Å². The summed E-state index contributed by atoms with van der Waals surface area (Å²) in [5.74, 6) is -0.567. The van der Waals surface area contributed by atoms with Crippen molar-refractivity contribution in [1.29, 1.82) is 0 Å². The van der Waals surface area contributed by atoms with Crippen molar-refractivity contribution < 1.29 is 20.2 Å². The van der Waals surface area contributed by atoms with E-state index in [9.17, 15) is 14.7 Å². The summed E-state index contributed by atoms with van der Waals surface area (Å²) < 4.78 is 0. The monoisotopic (exact) mass is 565 g/mol. The predicted molar refractivity (Wildman–Crippen MR) is 156 cm³/mol. The van der Waals surface area contributed by atoms with Crippen LogP contribution in [0.25, 0.3) is 22.3 Å². The Kier molecular flexibility index (Phi) is 10.9. The molecule has 6 N–H and O–H groups in total. The summed E-state index contributed by atoms with van der Waals surface area (Å²) in [6, 6.07) is 22.4. The zero-order valence-electron chi connectivity index (χ0n) is 21.0.